The average Bonchev–Trinajstić information content (AvgIpc) is 2.91. The zero-order valence-corrected chi connectivity index (χ0v) is 11.1. The number of thiazole rings is 1. The molecule has 1 atom stereocenters. The predicted molar refractivity (Wildman–Crippen MR) is 74.7 cm³/mol. The highest BCUT2D eigenvalue weighted by Gasteiger charge is 2.31. The number of rotatable bonds is 3. The van der Waals surface area contributed by atoms with Gasteiger partial charge in [-0.15, -0.1) is 11.3 Å². The molecule has 0 radical (unpaired) electrons. The number of fused-ring (bicyclic) bond motifs is 2. The Morgan fingerprint density at radius 2 is 2.32 bits per heavy atom. The molecular weight excluding hydrogens is 256 g/mol. The third-order valence-electron chi connectivity index (χ3n) is 3.74. The van der Waals surface area contributed by atoms with Crippen molar-refractivity contribution in [2.75, 3.05) is 0 Å². The van der Waals surface area contributed by atoms with Crippen LogP contribution >= 0.6 is 11.3 Å². The maximum atomic E-state index is 12.3. The van der Waals surface area contributed by atoms with E-state index in [-0.39, 0.29) is 11.7 Å². The minimum Gasteiger partial charge on any atom is -0.299 e. The van der Waals surface area contributed by atoms with Crippen molar-refractivity contribution in [3.8, 4) is 0 Å². The maximum Gasteiger partial charge on any atom is 0.193 e. The highest BCUT2D eigenvalue weighted by Crippen LogP contribution is 2.36. The molecule has 0 bridgehead atoms. The van der Waals surface area contributed by atoms with Gasteiger partial charge in [0.15, 0.2) is 4.96 Å². The first-order valence-corrected chi connectivity index (χ1v) is 7.21. The average molecular weight is 268 g/mol. The van der Waals surface area contributed by atoms with Crippen LogP contribution in [0.1, 0.15) is 22.7 Å². The van der Waals surface area contributed by atoms with Gasteiger partial charge in [-0.3, -0.25) is 9.20 Å². The SMILES string of the molecule is O=C(Cc1cn2ccsc2n1)C1Cc2ccccc21. The van der Waals surface area contributed by atoms with Gasteiger partial charge in [0.2, 0.25) is 0 Å². The predicted octanol–water partition coefficient (Wildman–Crippen LogP) is 2.85. The van der Waals surface area contributed by atoms with Crippen LogP contribution < -0.4 is 0 Å². The summed E-state index contributed by atoms with van der Waals surface area (Å²) >= 11 is 1.59. The normalized spacial score (nSPS) is 17.2. The number of aromatic nitrogens is 2. The molecule has 4 rings (SSSR count). The number of Topliss-reactive ketones (excluding diaryl/α,β-unsaturated/α-hetero) is 1. The Labute approximate surface area is 114 Å². The fourth-order valence-electron chi connectivity index (χ4n) is 2.71. The molecule has 0 aliphatic heterocycles. The molecule has 4 heteroatoms. The zero-order chi connectivity index (χ0) is 12.8. The molecule has 94 valence electrons. The first-order chi connectivity index (χ1) is 9.31. The van der Waals surface area contributed by atoms with E-state index in [2.05, 4.69) is 17.1 Å². The summed E-state index contributed by atoms with van der Waals surface area (Å²) in [5, 5.41) is 2.00. The Morgan fingerprint density at radius 1 is 1.42 bits per heavy atom. The summed E-state index contributed by atoms with van der Waals surface area (Å²) in [5.41, 5.74) is 3.39. The number of imidazole rings is 1. The second kappa shape index (κ2) is 4.03. The summed E-state index contributed by atoms with van der Waals surface area (Å²) in [6.45, 7) is 0. The van der Waals surface area contributed by atoms with Gasteiger partial charge in [-0.1, -0.05) is 24.3 Å². The third-order valence-corrected chi connectivity index (χ3v) is 4.51. The van der Waals surface area contributed by atoms with E-state index in [4.69, 9.17) is 0 Å². The Morgan fingerprint density at radius 3 is 3.16 bits per heavy atom. The van der Waals surface area contributed by atoms with E-state index in [0.717, 1.165) is 17.1 Å². The van der Waals surface area contributed by atoms with E-state index in [9.17, 15) is 4.79 Å². The summed E-state index contributed by atoms with van der Waals surface area (Å²) in [6, 6.07) is 8.20. The van der Waals surface area contributed by atoms with Crippen LogP contribution in [0.4, 0.5) is 0 Å². The van der Waals surface area contributed by atoms with Crippen molar-refractivity contribution in [3.63, 3.8) is 0 Å². The maximum absolute atomic E-state index is 12.3. The molecule has 0 N–H and O–H groups in total. The van der Waals surface area contributed by atoms with Crippen LogP contribution in [0.15, 0.2) is 42.0 Å². The van der Waals surface area contributed by atoms with E-state index in [1.807, 2.05) is 34.3 Å². The Bertz CT molecular complexity index is 743. The van der Waals surface area contributed by atoms with Crippen molar-refractivity contribution < 1.29 is 4.79 Å². The largest absolute Gasteiger partial charge is 0.299 e. The minimum absolute atomic E-state index is 0.0796. The third kappa shape index (κ3) is 1.71. The quantitative estimate of drug-likeness (QED) is 0.732. The van der Waals surface area contributed by atoms with Crippen LogP contribution in [-0.2, 0) is 17.6 Å². The fourth-order valence-corrected chi connectivity index (χ4v) is 3.43. The molecule has 1 aliphatic rings. The van der Waals surface area contributed by atoms with Crippen molar-refractivity contribution in [1.82, 2.24) is 9.38 Å². The molecule has 0 saturated carbocycles. The molecule has 0 amide bonds. The van der Waals surface area contributed by atoms with Gasteiger partial charge in [-0.2, -0.15) is 0 Å². The molecule has 2 heterocycles. The number of hydrogen-bond donors (Lipinski definition) is 0. The second-order valence-electron chi connectivity index (χ2n) is 4.92. The summed E-state index contributed by atoms with van der Waals surface area (Å²) in [5.74, 6) is 0.361. The van der Waals surface area contributed by atoms with E-state index < -0.39 is 0 Å². The van der Waals surface area contributed by atoms with Crippen molar-refractivity contribution in [1.29, 1.82) is 0 Å². The molecule has 1 aromatic carbocycles. The first-order valence-electron chi connectivity index (χ1n) is 6.33. The highest BCUT2D eigenvalue weighted by atomic mass is 32.1. The number of ketones is 1. The van der Waals surface area contributed by atoms with Gasteiger partial charge >= 0.3 is 0 Å². The zero-order valence-electron chi connectivity index (χ0n) is 10.2. The molecule has 0 saturated heterocycles. The number of hydrogen-bond acceptors (Lipinski definition) is 3. The Kier molecular flexibility index (Phi) is 2.32. The van der Waals surface area contributed by atoms with Crippen molar-refractivity contribution in [2.24, 2.45) is 0 Å². The number of carbonyl (C=O) groups is 1. The van der Waals surface area contributed by atoms with Crippen molar-refractivity contribution in [2.45, 2.75) is 18.8 Å². The monoisotopic (exact) mass is 268 g/mol. The van der Waals surface area contributed by atoms with Crippen LogP contribution in [0, 0.1) is 0 Å². The van der Waals surface area contributed by atoms with E-state index in [1.165, 1.54) is 11.1 Å². The highest BCUT2D eigenvalue weighted by molar-refractivity contribution is 7.15. The van der Waals surface area contributed by atoms with Gasteiger partial charge in [0.1, 0.15) is 5.78 Å². The van der Waals surface area contributed by atoms with E-state index in [0.29, 0.717) is 6.42 Å². The molecular formula is C15H12N2OS. The molecule has 0 spiro atoms. The Hall–Kier alpha value is -1.94. The van der Waals surface area contributed by atoms with E-state index in [1.54, 1.807) is 11.3 Å². The smallest absolute Gasteiger partial charge is 0.193 e. The van der Waals surface area contributed by atoms with Crippen molar-refractivity contribution >= 4 is 22.1 Å². The first kappa shape index (κ1) is 10.9. The summed E-state index contributed by atoms with van der Waals surface area (Å²) in [6.07, 6.45) is 5.25. The molecule has 3 nitrogen and oxygen atoms in total. The van der Waals surface area contributed by atoms with Gasteiger partial charge in [0, 0.05) is 23.7 Å². The molecule has 3 aromatic rings. The summed E-state index contributed by atoms with van der Waals surface area (Å²) in [4.78, 5) is 17.7. The van der Waals surface area contributed by atoms with Crippen LogP contribution in [0.2, 0.25) is 0 Å². The minimum atomic E-state index is 0.0796. The van der Waals surface area contributed by atoms with Gasteiger partial charge in [0.25, 0.3) is 0 Å². The molecule has 19 heavy (non-hydrogen) atoms. The lowest BCUT2D eigenvalue weighted by molar-refractivity contribution is -0.120. The van der Waals surface area contributed by atoms with Crippen LogP contribution in [0.25, 0.3) is 4.96 Å². The standard InChI is InChI=1S/C15H12N2OS/c18-14(13-7-10-3-1-2-4-12(10)13)8-11-9-17-5-6-19-15(17)16-11/h1-6,9,13H,7-8H2. The van der Waals surface area contributed by atoms with Gasteiger partial charge in [0.05, 0.1) is 12.1 Å². The van der Waals surface area contributed by atoms with Gasteiger partial charge in [-0.05, 0) is 17.5 Å². The fraction of sp³-hybridized carbons (Fsp3) is 0.200. The van der Waals surface area contributed by atoms with Gasteiger partial charge < -0.3 is 0 Å². The number of benzene rings is 1. The summed E-state index contributed by atoms with van der Waals surface area (Å²) in [7, 11) is 0. The van der Waals surface area contributed by atoms with Gasteiger partial charge in [-0.25, -0.2) is 4.98 Å². The topological polar surface area (TPSA) is 34.4 Å². The lowest BCUT2D eigenvalue weighted by Gasteiger charge is -2.28. The Balaban J connectivity index is 1.55. The lowest BCUT2D eigenvalue weighted by Crippen LogP contribution is -2.26. The summed E-state index contributed by atoms with van der Waals surface area (Å²) < 4.78 is 1.97. The second-order valence-corrected chi connectivity index (χ2v) is 5.80. The van der Waals surface area contributed by atoms with Crippen LogP contribution in [-0.4, -0.2) is 15.2 Å². The molecule has 2 aromatic heterocycles. The van der Waals surface area contributed by atoms with Crippen molar-refractivity contribution in [3.05, 3.63) is 58.9 Å². The number of carbonyl (C=O) groups excluding carboxylic acids is 1. The van der Waals surface area contributed by atoms with Crippen LogP contribution in [0.5, 0.6) is 0 Å². The molecule has 1 unspecified atom stereocenters. The van der Waals surface area contributed by atoms with Crippen LogP contribution in [0.3, 0.4) is 0 Å². The molecule has 1 aliphatic carbocycles. The van der Waals surface area contributed by atoms with E-state index >= 15 is 0 Å². The lowest BCUT2D eigenvalue weighted by atomic mass is 9.74. The number of nitrogens with zero attached hydrogens (tertiary/aromatic N) is 2. The molecule has 0 fully saturated rings.